The molecule has 18 heavy (non-hydrogen) atoms. The molecule has 98 valence electrons. The molecular weight excluding hydrogens is 242 g/mol. The largest absolute Gasteiger partial charge is 0.311 e. The van der Waals surface area contributed by atoms with E-state index in [-0.39, 0.29) is 0 Å². The first kappa shape index (κ1) is 13.3. The number of rotatable bonds is 5. The van der Waals surface area contributed by atoms with Crippen molar-refractivity contribution < 1.29 is 0 Å². The van der Waals surface area contributed by atoms with E-state index in [1.165, 1.54) is 11.3 Å². The van der Waals surface area contributed by atoms with E-state index in [0.717, 1.165) is 23.6 Å². The van der Waals surface area contributed by atoms with Crippen LogP contribution in [0.4, 0.5) is 0 Å². The van der Waals surface area contributed by atoms with E-state index in [9.17, 15) is 0 Å². The Morgan fingerprint density at radius 3 is 3.00 bits per heavy atom. The second-order valence-corrected chi connectivity index (χ2v) is 5.70. The minimum absolute atomic E-state index is 0.521. The van der Waals surface area contributed by atoms with Gasteiger partial charge in [0.25, 0.3) is 0 Å². The quantitative estimate of drug-likeness (QED) is 0.894. The average molecular weight is 263 g/mol. The van der Waals surface area contributed by atoms with Crippen LogP contribution in [0.2, 0.25) is 0 Å². The van der Waals surface area contributed by atoms with E-state index in [0.29, 0.717) is 6.04 Å². The highest BCUT2D eigenvalue weighted by Gasteiger charge is 2.08. The van der Waals surface area contributed by atoms with E-state index in [2.05, 4.69) is 60.0 Å². The predicted molar refractivity (Wildman–Crippen MR) is 79.2 cm³/mol. The molecule has 0 aliphatic rings. The van der Waals surface area contributed by atoms with Crippen LogP contribution in [0.3, 0.4) is 0 Å². The fourth-order valence-corrected chi connectivity index (χ4v) is 2.66. The third-order valence-electron chi connectivity index (χ3n) is 3.02. The number of aryl methyl sites for hydroxylation is 1. The van der Waals surface area contributed by atoms with Crippen molar-refractivity contribution in [1.29, 1.82) is 0 Å². The van der Waals surface area contributed by atoms with Gasteiger partial charge in [-0.3, -0.25) is 4.40 Å². The summed E-state index contributed by atoms with van der Waals surface area (Å²) in [5.74, 6) is 0. The highest BCUT2D eigenvalue weighted by atomic mass is 32.1. The lowest BCUT2D eigenvalue weighted by molar-refractivity contribution is 0.617. The van der Waals surface area contributed by atoms with E-state index >= 15 is 0 Å². The van der Waals surface area contributed by atoms with Gasteiger partial charge in [0.2, 0.25) is 0 Å². The van der Waals surface area contributed by atoms with Crippen molar-refractivity contribution in [3.05, 3.63) is 28.5 Å². The summed E-state index contributed by atoms with van der Waals surface area (Å²) < 4.78 is 2.17. The Hall–Kier alpha value is -1.13. The van der Waals surface area contributed by atoms with Crippen molar-refractivity contribution in [2.75, 3.05) is 6.54 Å². The molecule has 1 N–H and O–H groups in total. The molecule has 4 heteroatoms. The van der Waals surface area contributed by atoms with Crippen LogP contribution in [0.15, 0.2) is 17.2 Å². The van der Waals surface area contributed by atoms with Crippen LogP contribution >= 0.6 is 11.3 Å². The molecule has 0 fully saturated rings. The molecule has 2 rings (SSSR count). The molecule has 0 radical (unpaired) electrons. The molecular formula is C14H21N3S. The Morgan fingerprint density at radius 1 is 1.56 bits per heavy atom. The molecule has 0 amide bonds. The Labute approximate surface area is 113 Å². The average Bonchev–Trinajstić information content (AvgIpc) is 2.86. The summed E-state index contributed by atoms with van der Waals surface area (Å²) in [5.41, 5.74) is 3.74. The minimum atomic E-state index is 0.521. The molecule has 0 aliphatic heterocycles. The van der Waals surface area contributed by atoms with Crippen LogP contribution < -0.4 is 5.32 Å². The van der Waals surface area contributed by atoms with Gasteiger partial charge in [0.05, 0.1) is 11.4 Å². The summed E-state index contributed by atoms with van der Waals surface area (Å²) in [6, 6.07) is 0.521. The number of fused-ring (bicyclic) bond motifs is 1. The molecule has 2 aromatic heterocycles. The molecule has 0 aromatic carbocycles. The van der Waals surface area contributed by atoms with E-state index in [1.54, 1.807) is 11.3 Å². The zero-order valence-corrected chi connectivity index (χ0v) is 12.3. The Morgan fingerprint density at radius 2 is 2.33 bits per heavy atom. The lowest BCUT2D eigenvalue weighted by Gasteiger charge is -2.10. The third-order valence-corrected chi connectivity index (χ3v) is 3.77. The van der Waals surface area contributed by atoms with Gasteiger partial charge in [0.1, 0.15) is 0 Å². The Balaban J connectivity index is 2.28. The summed E-state index contributed by atoms with van der Waals surface area (Å²) in [7, 11) is 0. The molecule has 0 bridgehead atoms. The molecule has 0 saturated heterocycles. The summed E-state index contributed by atoms with van der Waals surface area (Å²) in [6.07, 6.45) is 5.43. The first-order valence-electron chi connectivity index (χ1n) is 6.46. The molecule has 2 aromatic rings. The maximum absolute atomic E-state index is 4.57. The van der Waals surface area contributed by atoms with Crippen LogP contribution in [0.5, 0.6) is 0 Å². The smallest absolute Gasteiger partial charge is 0.194 e. The van der Waals surface area contributed by atoms with Crippen molar-refractivity contribution in [1.82, 2.24) is 14.7 Å². The third kappa shape index (κ3) is 2.82. The first-order chi connectivity index (χ1) is 8.61. The number of nitrogens with one attached hydrogen (secondary N) is 1. The molecule has 0 aliphatic carbocycles. The van der Waals surface area contributed by atoms with Gasteiger partial charge in [-0.25, -0.2) is 4.98 Å². The lowest BCUT2D eigenvalue weighted by atomic mass is 10.1. The van der Waals surface area contributed by atoms with Gasteiger partial charge in [0, 0.05) is 24.2 Å². The molecule has 0 atom stereocenters. The maximum atomic E-state index is 4.57. The van der Waals surface area contributed by atoms with Crippen molar-refractivity contribution in [2.45, 2.75) is 40.2 Å². The molecule has 2 heterocycles. The highest BCUT2D eigenvalue weighted by molar-refractivity contribution is 7.15. The van der Waals surface area contributed by atoms with Crippen molar-refractivity contribution in [3.8, 4) is 0 Å². The summed E-state index contributed by atoms with van der Waals surface area (Å²) in [4.78, 5) is 5.65. The fraction of sp³-hybridized carbons (Fsp3) is 0.500. The number of thiazole rings is 1. The van der Waals surface area contributed by atoms with E-state index in [1.807, 2.05) is 0 Å². The van der Waals surface area contributed by atoms with Crippen LogP contribution in [-0.2, 0) is 0 Å². The summed E-state index contributed by atoms with van der Waals surface area (Å²) >= 11 is 1.68. The number of hydrogen-bond donors (Lipinski definition) is 1. The zero-order chi connectivity index (χ0) is 13.1. The highest BCUT2D eigenvalue weighted by Crippen LogP contribution is 2.19. The summed E-state index contributed by atoms with van der Waals surface area (Å²) in [5, 5.41) is 5.56. The maximum Gasteiger partial charge on any atom is 0.194 e. The second kappa shape index (κ2) is 5.67. The number of hydrogen-bond acceptors (Lipinski definition) is 3. The number of aromatic nitrogens is 2. The van der Waals surface area contributed by atoms with Gasteiger partial charge in [-0.1, -0.05) is 26.3 Å². The predicted octanol–water partition coefficient (Wildman–Crippen LogP) is 3.50. The second-order valence-electron chi connectivity index (χ2n) is 4.83. The normalized spacial score (nSPS) is 12.8. The zero-order valence-electron chi connectivity index (χ0n) is 11.5. The number of imidazole rings is 1. The first-order valence-corrected chi connectivity index (χ1v) is 7.34. The Kier molecular flexibility index (Phi) is 4.19. The topological polar surface area (TPSA) is 29.3 Å². The van der Waals surface area contributed by atoms with Gasteiger partial charge in [-0.15, -0.1) is 11.3 Å². The van der Waals surface area contributed by atoms with Gasteiger partial charge >= 0.3 is 0 Å². The van der Waals surface area contributed by atoms with Crippen molar-refractivity contribution >= 4 is 22.4 Å². The molecule has 0 spiro atoms. The van der Waals surface area contributed by atoms with E-state index in [4.69, 9.17) is 0 Å². The van der Waals surface area contributed by atoms with Gasteiger partial charge in [-0.2, -0.15) is 0 Å². The van der Waals surface area contributed by atoms with Gasteiger partial charge in [0.15, 0.2) is 4.96 Å². The van der Waals surface area contributed by atoms with Crippen LogP contribution in [0.1, 0.15) is 38.6 Å². The standard InChI is InChI=1S/C14H21N3S/c1-5-12(9-15-10(2)3)8-13-11(4)16-14-17(13)6-7-18-14/h6-8,10,15H,5,9H2,1-4H3. The molecule has 3 nitrogen and oxygen atoms in total. The molecule has 0 saturated carbocycles. The fourth-order valence-electron chi connectivity index (χ4n) is 1.89. The van der Waals surface area contributed by atoms with Crippen molar-refractivity contribution in [3.63, 3.8) is 0 Å². The molecule has 0 unspecified atom stereocenters. The monoisotopic (exact) mass is 263 g/mol. The van der Waals surface area contributed by atoms with Crippen LogP contribution in [0, 0.1) is 6.92 Å². The number of nitrogens with zero attached hydrogens (tertiary/aromatic N) is 2. The SMILES string of the molecule is CCC(=Cc1c(C)nc2sccn12)CNC(C)C. The summed E-state index contributed by atoms with van der Waals surface area (Å²) in [6.45, 7) is 9.58. The van der Waals surface area contributed by atoms with Crippen molar-refractivity contribution in [2.24, 2.45) is 0 Å². The van der Waals surface area contributed by atoms with Gasteiger partial charge < -0.3 is 5.32 Å². The van der Waals surface area contributed by atoms with Crippen LogP contribution in [0.25, 0.3) is 11.0 Å². The van der Waals surface area contributed by atoms with Crippen LogP contribution in [-0.4, -0.2) is 22.0 Å². The van der Waals surface area contributed by atoms with E-state index < -0.39 is 0 Å². The lowest BCUT2D eigenvalue weighted by Crippen LogP contribution is -2.24. The van der Waals surface area contributed by atoms with Gasteiger partial charge in [-0.05, 0) is 19.4 Å². The minimum Gasteiger partial charge on any atom is -0.311 e. The Bertz CT molecular complexity index is 548.